The standard InChI is InChI=1S/C16H19BrN2O2/c1-19(10-11-4-3-7-18-9-11)16(20)14-8-12-5-2-6-13(17)15(12)21-14/h2,5-6,8,11,18H,3-4,7,9-10H2,1H3. The zero-order valence-electron chi connectivity index (χ0n) is 12.1. The highest BCUT2D eigenvalue weighted by Crippen LogP contribution is 2.27. The second kappa shape index (κ2) is 6.20. The Morgan fingerprint density at radius 2 is 2.38 bits per heavy atom. The van der Waals surface area contributed by atoms with Crippen molar-refractivity contribution in [2.24, 2.45) is 5.92 Å². The Morgan fingerprint density at radius 1 is 1.52 bits per heavy atom. The lowest BCUT2D eigenvalue weighted by molar-refractivity contribution is 0.0735. The van der Waals surface area contributed by atoms with E-state index in [2.05, 4.69) is 21.2 Å². The van der Waals surface area contributed by atoms with Gasteiger partial charge in [0.05, 0.1) is 4.47 Å². The molecule has 2 heterocycles. The van der Waals surface area contributed by atoms with Crippen LogP contribution in [0.1, 0.15) is 23.4 Å². The number of hydrogen-bond acceptors (Lipinski definition) is 3. The Bertz CT molecular complexity index is 647. The summed E-state index contributed by atoms with van der Waals surface area (Å²) in [6.45, 7) is 2.85. The van der Waals surface area contributed by atoms with Gasteiger partial charge in [0.15, 0.2) is 5.76 Å². The molecule has 0 bridgehead atoms. The molecule has 2 aromatic rings. The molecule has 1 amide bonds. The van der Waals surface area contributed by atoms with Crippen LogP contribution in [0.4, 0.5) is 0 Å². The van der Waals surface area contributed by atoms with E-state index in [1.165, 1.54) is 12.8 Å². The molecule has 1 aromatic heterocycles. The van der Waals surface area contributed by atoms with Gasteiger partial charge in [-0.2, -0.15) is 0 Å². The highest BCUT2D eigenvalue weighted by Gasteiger charge is 2.21. The number of nitrogens with one attached hydrogen (secondary N) is 1. The first-order valence-electron chi connectivity index (χ1n) is 7.29. The number of halogens is 1. The fraction of sp³-hybridized carbons (Fsp3) is 0.438. The van der Waals surface area contributed by atoms with Gasteiger partial charge in [-0.1, -0.05) is 12.1 Å². The molecule has 1 aliphatic rings. The van der Waals surface area contributed by atoms with E-state index in [0.717, 1.165) is 35.1 Å². The maximum atomic E-state index is 12.5. The van der Waals surface area contributed by atoms with E-state index in [0.29, 0.717) is 11.7 Å². The first-order valence-corrected chi connectivity index (χ1v) is 8.08. The average Bonchev–Trinajstić information content (AvgIpc) is 2.93. The third kappa shape index (κ3) is 3.14. The SMILES string of the molecule is CN(CC1CCCNC1)C(=O)c1cc2cccc(Br)c2o1. The second-order valence-corrected chi connectivity index (χ2v) is 6.52. The monoisotopic (exact) mass is 350 g/mol. The minimum Gasteiger partial charge on any atom is -0.450 e. The van der Waals surface area contributed by atoms with Crippen LogP contribution >= 0.6 is 15.9 Å². The van der Waals surface area contributed by atoms with Crippen LogP contribution in [0.25, 0.3) is 11.0 Å². The number of carbonyl (C=O) groups is 1. The molecule has 5 heteroatoms. The van der Waals surface area contributed by atoms with Crippen molar-refractivity contribution in [2.75, 3.05) is 26.7 Å². The van der Waals surface area contributed by atoms with Gasteiger partial charge in [0.1, 0.15) is 5.58 Å². The molecule has 1 saturated heterocycles. The Morgan fingerprint density at radius 3 is 3.10 bits per heavy atom. The largest absolute Gasteiger partial charge is 0.450 e. The number of fused-ring (bicyclic) bond motifs is 1. The van der Waals surface area contributed by atoms with Gasteiger partial charge in [-0.05, 0) is 59.9 Å². The van der Waals surface area contributed by atoms with E-state index in [4.69, 9.17) is 4.42 Å². The molecule has 1 N–H and O–H groups in total. The number of hydrogen-bond donors (Lipinski definition) is 1. The lowest BCUT2D eigenvalue weighted by atomic mass is 9.99. The predicted molar refractivity (Wildman–Crippen MR) is 86.5 cm³/mol. The Balaban J connectivity index is 1.74. The number of rotatable bonds is 3. The zero-order valence-corrected chi connectivity index (χ0v) is 13.6. The first kappa shape index (κ1) is 14.6. The molecule has 1 atom stereocenters. The van der Waals surface area contributed by atoms with Crippen LogP contribution in [0.15, 0.2) is 33.2 Å². The lowest BCUT2D eigenvalue weighted by Gasteiger charge is -2.27. The maximum absolute atomic E-state index is 12.5. The van der Waals surface area contributed by atoms with E-state index < -0.39 is 0 Å². The number of amides is 1. The number of nitrogens with zero attached hydrogens (tertiary/aromatic N) is 1. The van der Waals surface area contributed by atoms with Crippen molar-refractivity contribution in [1.29, 1.82) is 0 Å². The smallest absolute Gasteiger partial charge is 0.289 e. The zero-order chi connectivity index (χ0) is 14.8. The van der Waals surface area contributed by atoms with Crippen molar-refractivity contribution >= 4 is 32.8 Å². The van der Waals surface area contributed by atoms with E-state index in [1.54, 1.807) is 4.90 Å². The molecule has 1 aliphatic heterocycles. The van der Waals surface area contributed by atoms with E-state index in [9.17, 15) is 4.79 Å². The van der Waals surface area contributed by atoms with Crippen LogP contribution in [0.5, 0.6) is 0 Å². The molecule has 3 rings (SSSR count). The van der Waals surface area contributed by atoms with Crippen molar-refractivity contribution in [3.05, 3.63) is 34.5 Å². The summed E-state index contributed by atoms with van der Waals surface area (Å²) in [6, 6.07) is 7.62. The van der Waals surface area contributed by atoms with Gasteiger partial charge < -0.3 is 14.6 Å². The summed E-state index contributed by atoms with van der Waals surface area (Å²) >= 11 is 3.45. The maximum Gasteiger partial charge on any atom is 0.289 e. The highest BCUT2D eigenvalue weighted by atomic mass is 79.9. The third-order valence-electron chi connectivity index (χ3n) is 3.98. The van der Waals surface area contributed by atoms with Gasteiger partial charge in [0.25, 0.3) is 5.91 Å². The molecule has 21 heavy (non-hydrogen) atoms. The van der Waals surface area contributed by atoms with Gasteiger partial charge in [0.2, 0.25) is 0 Å². The van der Waals surface area contributed by atoms with Crippen LogP contribution in [0.2, 0.25) is 0 Å². The minimum absolute atomic E-state index is 0.0522. The number of para-hydroxylation sites is 1. The Hall–Kier alpha value is -1.33. The van der Waals surface area contributed by atoms with Gasteiger partial charge in [-0.15, -0.1) is 0 Å². The molecular weight excluding hydrogens is 332 g/mol. The first-order chi connectivity index (χ1) is 10.1. The summed E-state index contributed by atoms with van der Waals surface area (Å²) in [5.74, 6) is 0.885. The number of benzene rings is 1. The molecule has 112 valence electrons. The topological polar surface area (TPSA) is 45.5 Å². The molecular formula is C16H19BrN2O2. The minimum atomic E-state index is -0.0522. The van der Waals surface area contributed by atoms with Crippen molar-refractivity contribution < 1.29 is 9.21 Å². The average molecular weight is 351 g/mol. The fourth-order valence-corrected chi connectivity index (χ4v) is 3.33. The lowest BCUT2D eigenvalue weighted by Crippen LogP contribution is -2.39. The summed E-state index contributed by atoms with van der Waals surface area (Å²) in [5.41, 5.74) is 0.730. The summed E-state index contributed by atoms with van der Waals surface area (Å²) in [5, 5.41) is 4.33. The van der Waals surface area contributed by atoms with Crippen LogP contribution in [0, 0.1) is 5.92 Å². The van der Waals surface area contributed by atoms with E-state index in [-0.39, 0.29) is 5.91 Å². The molecule has 0 spiro atoms. The molecule has 1 fully saturated rings. The van der Waals surface area contributed by atoms with Crippen molar-refractivity contribution in [2.45, 2.75) is 12.8 Å². The van der Waals surface area contributed by atoms with E-state index in [1.807, 2.05) is 31.3 Å². The molecule has 1 aromatic carbocycles. The number of furan rings is 1. The van der Waals surface area contributed by atoms with Gasteiger partial charge >= 0.3 is 0 Å². The summed E-state index contributed by atoms with van der Waals surface area (Å²) in [4.78, 5) is 14.3. The molecule has 0 radical (unpaired) electrons. The molecule has 1 unspecified atom stereocenters. The van der Waals surface area contributed by atoms with Crippen LogP contribution in [0.3, 0.4) is 0 Å². The fourth-order valence-electron chi connectivity index (χ4n) is 2.87. The highest BCUT2D eigenvalue weighted by molar-refractivity contribution is 9.10. The van der Waals surface area contributed by atoms with Crippen LogP contribution in [-0.2, 0) is 0 Å². The van der Waals surface area contributed by atoms with E-state index >= 15 is 0 Å². The molecule has 0 aliphatic carbocycles. The van der Waals surface area contributed by atoms with Crippen LogP contribution in [-0.4, -0.2) is 37.5 Å². The summed E-state index contributed by atoms with van der Waals surface area (Å²) in [6.07, 6.45) is 2.36. The van der Waals surface area contributed by atoms with Crippen molar-refractivity contribution in [3.8, 4) is 0 Å². The summed E-state index contributed by atoms with van der Waals surface area (Å²) in [7, 11) is 1.85. The van der Waals surface area contributed by atoms with Gasteiger partial charge in [0, 0.05) is 19.0 Å². The van der Waals surface area contributed by atoms with Gasteiger partial charge in [-0.25, -0.2) is 0 Å². The third-order valence-corrected chi connectivity index (χ3v) is 4.61. The number of carbonyl (C=O) groups excluding carboxylic acids is 1. The normalized spacial score (nSPS) is 18.9. The van der Waals surface area contributed by atoms with Crippen LogP contribution < -0.4 is 5.32 Å². The molecule has 0 saturated carbocycles. The van der Waals surface area contributed by atoms with Gasteiger partial charge in [-0.3, -0.25) is 4.79 Å². The summed E-state index contributed by atoms with van der Waals surface area (Å²) < 4.78 is 6.59. The number of piperidine rings is 1. The predicted octanol–water partition coefficient (Wildman–Crippen LogP) is 3.27. The second-order valence-electron chi connectivity index (χ2n) is 5.67. The quantitative estimate of drug-likeness (QED) is 0.923. The van der Waals surface area contributed by atoms with Crippen molar-refractivity contribution in [1.82, 2.24) is 10.2 Å². The molecule has 4 nitrogen and oxygen atoms in total. The Labute approximate surface area is 132 Å². The van der Waals surface area contributed by atoms with Crippen molar-refractivity contribution in [3.63, 3.8) is 0 Å². The Kier molecular flexibility index (Phi) is 4.31.